The molecular weight excluding hydrogens is 548 g/mol. The van der Waals surface area contributed by atoms with Gasteiger partial charge in [0.1, 0.15) is 12.4 Å². The topological polar surface area (TPSA) is 129 Å². The Morgan fingerprint density at radius 2 is 1.77 bits per heavy atom. The van der Waals surface area contributed by atoms with Crippen LogP contribution in [0.5, 0.6) is 0 Å². The van der Waals surface area contributed by atoms with Crippen molar-refractivity contribution in [2.24, 2.45) is 0 Å². The summed E-state index contributed by atoms with van der Waals surface area (Å²) in [5, 5.41) is 15.4. The average Bonchev–Trinajstić information content (AvgIpc) is 3.45. The lowest BCUT2D eigenvalue weighted by Crippen LogP contribution is -2.34. The van der Waals surface area contributed by atoms with Crippen LogP contribution in [0.4, 0.5) is 22.0 Å². The van der Waals surface area contributed by atoms with Crippen molar-refractivity contribution in [2.75, 3.05) is 57.2 Å². The third-order valence-corrected chi connectivity index (χ3v) is 7.77. The van der Waals surface area contributed by atoms with Gasteiger partial charge in [0.15, 0.2) is 0 Å². The molecule has 3 heterocycles. The highest BCUT2D eigenvalue weighted by molar-refractivity contribution is 6.06. The largest absolute Gasteiger partial charge is 0.395 e. The molecular formula is C32H36N6O5. The molecule has 1 fully saturated rings. The highest BCUT2D eigenvalue weighted by atomic mass is 16.5. The van der Waals surface area contributed by atoms with Gasteiger partial charge in [-0.25, -0.2) is 9.78 Å². The fourth-order valence-corrected chi connectivity index (χ4v) is 5.54. The van der Waals surface area contributed by atoms with Crippen LogP contribution >= 0.6 is 0 Å². The third kappa shape index (κ3) is 6.75. The van der Waals surface area contributed by atoms with Crippen LogP contribution in [0.15, 0.2) is 73.1 Å². The number of nitrogens with zero attached hydrogens (tertiary/aromatic N) is 4. The number of aliphatic hydroxyl groups is 1. The number of aliphatic hydroxyl groups excluding tert-OH is 1. The summed E-state index contributed by atoms with van der Waals surface area (Å²) in [5.74, 6) is 0.113. The van der Waals surface area contributed by atoms with Crippen molar-refractivity contribution in [1.29, 1.82) is 0 Å². The summed E-state index contributed by atoms with van der Waals surface area (Å²) < 4.78 is 6.64. The summed E-state index contributed by atoms with van der Waals surface area (Å²) in [6.07, 6.45) is 5.24. The number of anilines is 3. The maximum absolute atomic E-state index is 13.2. The molecule has 43 heavy (non-hydrogen) atoms. The van der Waals surface area contributed by atoms with Crippen molar-refractivity contribution in [1.82, 2.24) is 19.8 Å². The maximum Gasteiger partial charge on any atom is 0.325 e. The smallest absolute Gasteiger partial charge is 0.325 e. The molecule has 1 aliphatic rings. The van der Waals surface area contributed by atoms with Crippen molar-refractivity contribution in [2.45, 2.75) is 18.8 Å². The van der Waals surface area contributed by atoms with E-state index in [1.54, 1.807) is 43.6 Å². The zero-order valence-corrected chi connectivity index (χ0v) is 24.3. The average molecular weight is 585 g/mol. The number of fused-ring (bicyclic) bond motifs is 1. The molecule has 224 valence electrons. The van der Waals surface area contributed by atoms with Gasteiger partial charge in [-0.05, 0) is 79.9 Å². The van der Waals surface area contributed by atoms with E-state index in [4.69, 9.17) is 9.84 Å². The molecule has 0 radical (unpaired) electrons. The van der Waals surface area contributed by atoms with Gasteiger partial charge < -0.3 is 25.4 Å². The summed E-state index contributed by atoms with van der Waals surface area (Å²) in [4.78, 5) is 46.6. The quantitative estimate of drug-likeness (QED) is 0.272. The van der Waals surface area contributed by atoms with E-state index >= 15 is 0 Å². The summed E-state index contributed by atoms with van der Waals surface area (Å²) in [7, 11) is 3.01. The van der Waals surface area contributed by atoms with Crippen molar-refractivity contribution >= 4 is 45.9 Å². The zero-order chi connectivity index (χ0) is 30.3. The predicted octanol–water partition coefficient (Wildman–Crippen LogP) is 3.96. The van der Waals surface area contributed by atoms with Gasteiger partial charge in [0.2, 0.25) is 0 Å². The monoisotopic (exact) mass is 584 g/mol. The first-order valence-corrected chi connectivity index (χ1v) is 14.3. The van der Waals surface area contributed by atoms with Crippen LogP contribution in [-0.4, -0.2) is 84.4 Å². The highest BCUT2D eigenvalue weighted by Crippen LogP contribution is 2.31. The number of rotatable bonds is 9. The Labute approximate surface area is 250 Å². The predicted molar refractivity (Wildman–Crippen MR) is 165 cm³/mol. The summed E-state index contributed by atoms with van der Waals surface area (Å²) in [5.41, 5.74) is 3.48. The number of piperidine rings is 1. The molecule has 1 aliphatic heterocycles. The van der Waals surface area contributed by atoms with E-state index in [1.807, 2.05) is 30.3 Å². The number of likely N-dealkylation sites (tertiary alicyclic amines) is 1. The van der Waals surface area contributed by atoms with E-state index in [0.29, 0.717) is 40.7 Å². The van der Waals surface area contributed by atoms with Crippen LogP contribution in [0.25, 0.3) is 10.9 Å². The number of β-amino-alcohol motifs (C(OH)–C–C–N with tert-alkyl or cyclic N) is 1. The lowest BCUT2D eigenvalue weighted by molar-refractivity contribution is -0.121. The number of hydrogen-bond donors (Lipinski definition) is 3. The number of benzene rings is 2. The molecule has 2 aromatic heterocycles. The third-order valence-electron chi connectivity index (χ3n) is 7.77. The Kier molecular flexibility index (Phi) is 9.45. The van der Waals surface area contributed by atoms with Gasteiger partial charge in [0.05, 0.1) is 17.8 Å². The molecule has 0 atom stereocenters. The number of pyridine rings is 1. The van der Waals surface area contributed by atoms with E-state index < -0.39 is 0 Å². The van der Waals surface area contributed by atoms with Gasteiger partial charge in [0, 0.05) is 55.8 Å². The van der Waals surface area contributed by atoms with E-state index in [-0.39, 0.29) is 31.1 Å². The molecule has 2 aromatic carbocycles. The first-order chi connectivity index (χ1) is 20.9. The molecule has 11 nitrogen and oxygen atoms in total. The van der Waals surface area contributed by atoms with Crippen LogP contribution in [0.1, 0.15) is 34.7 Å². The van der Waals surface area contributed by atoms with Gasteiger partial charge >= 0.3 is 6.03 Å². The number of nitrogens with one attached hydrogen (secondary N) is 2. The Balaban J connectivity index is 1.33. The normalized spacial score (nSPS) is 14.0. The number of amides is 3. The summed E-state index contributed by atoms with van der Waals surface area (Å²) >= 11 is 0. The molecule has 0 unspecified atom stereocenters. The van der Waals surface area contributed by atoms with Crippen LogP contribution in [-0.2, 0) is 9.53 Å². The van der Waals surface area contributed by atoms with Crippen molar-refractivity contribution in [3.05, 3.63) is 84.2 Å². The molecule has 3 N–H and O–H groups in total. The lowest BCUT2D eigenvalue weighted by atomic mass is 9.89. The maximum atomic E-state index is 13.2. The second-order valence-electron chi connectivity index (χ2n) is 10.5. The number of methoxy groups -OCH3 is 1. The molecule has 1 saturated heterocycles. The SMILES string of the molecule is CNC(=O)n1ccc2cc(N(C(=O)COC)c3ccnc(NC(=O)c4ccc(C5CCN(CCO)CC5)cc4)c3)ccc21. The standard InChI is InChI=1S/C32H36N6O5/c1-33-32(42)37-16-12-25-19-26(7-8-28(25)37)38(30(40)21-43-2)27-9-13-34-29(20-27)35-31(41)24-5-3-22(4-6-24)23-10-14-36(15-11-23)17-18-39/h3-9,12-13,16,19-20,23,39H,10-11,14-15,17-18,21H2,1-2H3,(H,33,42)(H,34,35,41). The minimum absolute atomic E-state index is 0.159. The van der Waals surface area contributed by atoms with E-state index in [2.05, 4.69) is 20.5 Å². The number of carbonyl (C=O) groups is 3. The molecule has 4 aromatic rings. The fraction of sp³-hybridized carbons (Fsp3) is 0.312. The van der Waals surface area contributed by atoms with Crippen LogP contribution in [0.2, 0.25) is 0 Å². The first-order valence-electron chi connectivity index (χ1n) is 14.3. The molecule has 5 rings (SSSR count). The highest BCUT2D eigenvalue weighted by Gasteiger charge is 2.22. The van der Waals surface area contributed by atoms with Crippen molar-refractivity contribution < 1.29 is 24.2 Å². The minimum Gasteiger partial charge on any atom is -0.395 e. The van der Waals surface area contributed by atoms with Gasteiger partial charge in [0.25, 0.3) is 11.8 Å². The fourth-order valence-electron chi connectivity index (χ4n) is 5.54. The van der Waals surface area contributed by atoms with E-state index in [0.717, 1.165) is 31.3 Å². The van der Waals surface area contributed by atoms with Crippen molar-refractivity contribution in [3.63, 3.8) is 0 Å². The van der Waals surface area contributed by atoms with E-state index in [9.17, 15) is 14.4 Å². The second kappa shape index (κ2) is 13.6. The first kappa shape index (κ1) is 29.9. The van der Waals surface area contributed by atoms with Gasteiger partial charge in [-0.1, -0.05) is 12.1 Å². The molecule has 0 saturated carbocycles. The summed E-state index contributed by atoms with van der Waals surface area (Å²) in [6.45, 7) is 2.64. The molecule has 0 spiro atoms. The lowest BCUT2D eigenvalue weighted by Gasteiger charge is -2.31. The Morgan fingerprint density at radius 1 is 1.02 bits per heavy atom. The van der Waals surface area contributed by atoms with Crippen molar-refractivity contribution in [3.8, 4) is 0 Å². The zero-order valence-electron chi connectivity index (χ0n) is 24.3. The minimum atomic E-state index is -0.311. The molecule has 0 aliphatic carbocycles. The number of hydrogen-bond acceptors (Lipinski definition) is 7. The number of ether oxygens (including phenoxy) is 1. The Hall–Kier alpha value is -4.58. The van der Waals surface area contributed by atoms with Crippen LogP contribution in [0, 0.1) is 0 Å². The van der Waals surface area contributed by atoms with Crippen LogP contribution < -0.4 is 15.5 Å². The Morgan fingerprint density at radius 3 is 2.47 bits per heavy atom. The number of carbonyl (C=O) groups excluding carboxylic acids is 3. The molecule has 11 heteroatoms. The summed E-state index contributed by atoms with van der Waals surface area (Å²) in [6, 6.07) is 17.9. The van der Waals surface area contributed by atoms with Crippen LogP contribution in [0.3, 0.4) is 0 Å². The van der Waals surface area contributed by atoms with E-state index in [1.165, 1.54) is 28.3 Å². The Bertz CT molecular complexity index is 1590. The molecule has 0 bridgehead atoms. The van der Waals surface area contributed by atoms with Gasteiger partial charge in [-0.15, -0.1) is 0 Å². The van der Waals surface area contributed by atoms with Gasteiger partial charge in [-0.3, -0.25) is 19.1 Å². The van der Waals surface area contributed by atoms with Gasteiger partial charge in [-0.2, -0.15) is 0 Å². The molecule has 3 amide bonds. The number of aromatic nitrogens is 2. The second-order valence-corrected chi connectivity index (χ2v) is 10.5.